The van der Waals surface area contributed by atoms with Crippen molar-refractivity contribution in [2.45, 2.75) is 32.6 Å². The SMILES string of the molecule is CC(C)(C)c1cc(C(=O)O)cc(NCCc2ncno2)n1. The van der Waals surface area contributed by atoms with E-state index in [1.165, 1.54) is 12.4 Å². The zero-order chi connectivity index (χ0) is 15.5. The van der Waals surface area contributed by atoms with E-state index in [4.69, 9.17) is 4.52 Å². The maximum Gasteiger partial charge on any atom is 0.335 e. The lowest BCUT2D eigenvalue weighted by Crippen LogP contribution is -2.17. The van der Waals surface area contributed by atoms with Gasteiger partial charge in [-0.2, -0.15) is 4.98 Å². The van der Waals surface area contributed by atoms with Gasteiger partial charge in [0.2, 0.25) is 5.89 Å². The molecule has 0 aliphatic rings. The average Bonchev–Trinajstić information content (AvgIpc) is 2.90. The molecule has 0 saturated heterocycles. The second-order valence-corrected chi connectivity index (χ2v) is 5.69. The molecule has 2 heterocycles. The van der Waals surface area contributed by atoms with Gasteiger partial charge in [-0.05, 0) is 12.1 Å². The molecule has 0 atom stereocenters. The van der Waals surface area contributed by atoms with E-state index in [0.29, 0.717) is 24.7 Å². The highest BCUT2D eigenvalue weighted by Gasteiger charge is 2.19. The third-order valence-electron chi connectivity index (χ3n) is 2.89. The van der Waals surface area contributed by atoms with Gasteiger partial charge in [0.15, 0.2) is 6.33 Å². The summed E-state index contributed by atoms with van der Waals surface area (Å²) < 4.78 is 4.90. The summed E-state index contributed by atoms with van der Waals surface area (Å²) in [6, 6.07) is 3.12. The third-order valence-corrected chi connectivity index (χ3v) is 2.89. The summed E-state index contributed by atoms with van der Waals surface area (Å²) in [6.07, 6.45) is 1.89. The first kappa shape index (κ1) is 15.0. The van der Waals surface area contributed by atoms with Crippen LogP contribution < -0.4 is 5.32 Å². The molecule has 0 aliphatic heterocycles. The predicted octanol–water partition coefficient (Wildman–Crippen LogP) is 2.11. The lowest BCUT2D eigenvalue weighted by molar-refractivity contribution is 0.0696. The molecule has 2 aromatic heterocycles. The topological polar surface area (TPSA) is 101 Å². The zero-order valence-corrected chi connectivity index (χ0v) is 12.3. The maximum absolute atomic E-state index is 11.2. The first-order valence-electron chi connectivity index (χ1n) is 6.61. The van der Waals surface area contributed by atoms with E-state index in [-0.39, 0.29) is 11.0 Å². The number of rotatable bonds is 5. The molecule has 2 rings (SSSR count). The van der Waals surface area contributed by atoms with E-state index in [9.17, 15) is 9.90 Å². The molecule has 0 radical (unpaired) electrons. The van der Waals surface area contributed by atoms with E-state index >= 15 is 0 Å². The summed E-state index contributed by atoms with van der Waals surface area (Å²) in [7, 11) is 0. The minimum atomic E-state index is -0.970. The van der Waals surface area contributed by atoms with Gasteiger partial charge < -0.3 is 14.9 Å². The third kappa shape index (κ3) is 4.01. The fourth-order valence-corrected chi connectivity index (χ4v) is 1.73. The number of aromatic carboxylic acids is 1. The number of hydrogen-bond acceptors (Lipinski definition) is 6. The number of carboxylic acid groups (broad SMARTS) is 1. The molecule has 112 valence electrons. The van der Waals surface area contributed by atoms with Crippen molar-refractivity contribution in [3.8, 4) is 0 Å². The molecule has 7 heteroatoms. The highest BCUT2D eigenvalue weighted by atomic mass is 16.5. The largest absolute Gasteiger partial charge is 0.478 e. The fraction of sp³-hybridized carbons (Fsp3) is 0.429. The number of nitrogens with zero attached hydrogens (tertiary/aromatic N) is 3. The minimum absolute atomic E-state index is 0.218. The van der Waals surface area contributed by atoms with Crippen LogP contribution in [0.15, 0.2) is 23.0 Å². The molecule has 0 aromatic carbocycles. The first-order valence-corrected chi connectivity index (χ1v) is 6.61. The Balaban J connectivity index is 2.14. The number of pyridine rings is 1. The van der Waals surface area contributed by atoms with Gasteiger partial charge in [-0.15, -0.1) is 0 Å². The average molecular weight is 290 g/mol. The van der Waals surface area contributed by atoms with Crippen LogP contribution >= 0.6 is 0 Å². The number of carboxylic acids is 1. The summed E-state index contributed by atoms with van der Waals surface area (Å²) in [6.45, 7) is 6.50. The van der Waals surface area contributed by atoms with Crippen molar-refractivity contribution in [3.05, 3.63) is 35.6 Å². The van der Waals surface area contributed by atoms with Crippen molar-refractivity contribution in [1.29, 1.82) is 0 Å². The molecule has 7 nitrogen and oxygen atoms in total. The number of hydrogen-bond donors (Lipinski definition) is 2. The molecule has 0 saturated carbocycles. The molecule has 0 bridgehead atoms. The Labute approximate surface area is 122 Å². The van der Waals surface area contributed by atoms with Crippen LogP contribution in [-0.2, 0) is 11.8 Å². The Bertz CT molecular complexity index is 618. The van der Waals surface area contributed by atoms with Crippen molar-refractivity contribution >= 4 is 11.8 Å². The molecule has 0 fully saturated rings. The van der Waals surface area contributed by atoms with E-state index < -0.39 is 5.97 Å². The van der Waals surface area contributed by atoms with Crippen LogP contribution in [0.25, 0.3) is 0 Å². The monoisotopic (exact) mass is 290 g/mol. The molecule has 2 aromatic rings. The Morgan fingerprint density at radius 3 is 2.71 bits per heavy atom. The lowest BCUT2D eigenvalue weighted by Gasteiger charge is -2.19. The van der Waals surface area contributed by atoms with E-state index in [1.54, 1.807) is 6.07 Å². The van der Waals surface area contributed by atoms with Gasteiger partial charge >= 0.3 is 5.97 Å². The molecule has 0 spiro atoms. The standard InChI is InChI=1S/C14H18N4O3/c1-14(2,3)10-6-9(13(19)20)7-11(18-10)15-5-4-12-16-8-17-21-12/h6-8H,4-5H2,1-3H3,(H,15,18)(H,19,20). The summed E-state index contributed by atoms with van der Waals surface area (Å²) in [5.41, 5.74) is 0.715. The highest BCUT2D eigenvalue weighted by Crippen LogP contribution is 2.23. The minimum Gasteiger partial charge on any atom is -0.478 e. The van der Waals surface area contributed by atoms with Crippen molar-refractivity contribution in [2.75, 3.05) is 11.9 Å². The molecule has 0 aliphatic carbocycles. The van der Waals surface area contributed by atoms with Gasteiger partial charge in [0.1, 0.15) is 5.82 Å². The Hall–Kier alpha value is -2.44. The van der Waals surface area contributed by atoms with Crippen LogP contribution in [0.5, 0.6) is 0 Å². The lowest BCUT2D eigenvalue weighted by atomic mass is 9.91. The first-order chi connectivity index (χ1) is 9.86. The molecular formula is C14H18N4O3. The van der Waals surface area contributed by atoms with E-state index in [2.05, 4.69) is 20.4 Å². The van der Waals surface area contributed by atoms with E-state index in [0.717, 1.165) is 5.69 Å². The van der Waals surface area contributed by atoms with Gasteiger partial charge in [-0.1, -0.05) is 25.9 Å². The number of nitrogens with one attached hydrogen (secondary N) is 1. The summed E-state index contributed by atoms with van der Waals surface area (Å²) in [5, 5.41) is 15.8. The molecule has 0 amide bonds. The van der Waals surface area contributed by atoms with E-state index in [1.807, 2.05) is 20.8 Å². The molecular weight excluding hydrogens is 272 g/mol. The second-order valence-electron chi connectivity index (χ2n) is 5.69. The van der Waals surface area contributed by atoms with Gasteiger partial charge in [0.05, 0.1) is 5.56 Å². The smallest absolute Gasteiger partial charge is 0.335 e. The second kappa shape index (κ2) is 5.90. The molecule has 21 heavy (non-hydrogen) atoms. The quantitative estimate of drug-likeness (QED) is 0.869. The molecule has 0 unspecified atom stereocenters. The van der Waals surface area contributed by atoms with Crippen LogP contribution in [0.2, 0.25) is 0 Å². The van der Waals surface area contributed by atoms with Crippen molar-refractivity contribution in [2.24, 2.45) is 0 Å². The van der Waals surface area contributed by atoms with Crippen LogP contribution in [0.3, 0.4) is 0 Å². The summed E-state index contributed by atoms with van der Waals surface area (Å²) in [5.74, 6) is 0.0788. The van der Waals surface area contributed by atoms with Crippen LogP contribution in [0.1, 0.15) is 42.7 Å². The maximum atomic E-state index is 11.2. The van der Waals surface area contributed by atoms with Crippen molar-refractivity contribution in [3.63, 3.8) is 0 Å². The van der Waals surface area contributed by atoms with Crippen LogP contribution in [0.4, 0.5) is 5.82 Å². The summed E-state index contributed by atoms with van der Waals surface area (Å²) in [4.78, 5) is 19.6. The van der Waals surface area contributed by atoms with Crippen molar-refractivity contribution in [1.82, 2.24) is 15.1 Å². The predicted molar refractivity (Wildman–Crippen MR) is 76.4 cm³/mol. The Morgan fingerprint density at radius 2 is 2.14 bits per heavy atom. The van der Waals surface area contributed by atoms with Gasteiger partial charge in [0, 0.05) is 24.1 Å². The number of aromatic nitrogens is 3. The Morgan fingerprint density at radius 1 is 1.38 bits per heavy atom. The van der Waals surface area contributed by atoms with Crippen molar-refractivity contribution < 1.29 is 14.4 Å². The van der Waals surface area contributed by atoms with Gasteiger partial charge in [-0.3, -0.25) is 0 Å². The molecule has 2 N–H and O–H groups in total. The zero-order valence-electron chi connectivity index (χ0n) is 12.3. The highest BCUT2D eigenvalue weighted by molar-refractivity contribution is 5.88. The van der Waals surface area contributed by atoms with Crippen LogP contribution in [-0.4, -0.2) is 32.7 Å². The number of anilines is 1. The van der Waals surface area contributed by atoms with Gasteiger partial charge in [0.25, 0.3) is 0 Å². The Kier molecular flexibility index (Phi) is 4.21. The normalized spacial score (nSPS) is 11.4. The fourth-order valence-electron chi connectivity index (χ4n) is 1.73. The number of carbonyl (C=O) groups is 1. The summed E-state index contributed by atoms with van der Waals surface area (Å²) >= 11 is 0. The van der Waals surface area contributed by atoms with Gasteiger partial charge in [-0.25, -0.2) is 9.78 Å². The van der Waals surface area contributed by atoms with Crippen LogP contribution in [0, 0.1) is 0 Å².